The number of hydrogen-bond donors (Lipinski definition) is 2. The molecule has 74 heavy (non-hydrogen) atoms. The Balaban J connectivity index is -0.000000119. The fraction of sp³-hybridized carbons (Fsp3) is 0.225. The second-order valence-electron chi connectivity index (χ2n) is 11.2. The number of amides is 1. The monoisotopic (exact) mass is 1570 g/mol. The van der Waals surface area contributed by atoms with Gasteiger partial charge in [0.1, 0.15) is 11.6 Å². The quantitative estimate of drug-likeness (QED) is 0.0503. The van der Waals surface area contributed by atoms with Gasteiger partial charge in [-0.1, -0.05) is 48.2 Å². The molecule has 0 aliphatic rings. The van der Waals surface area contributed by atoms with E-state index in [-0.39, 0.29) is 30.4 Å². The molecule has 3 N–H and O–H groups in total. The first-order valence-corrected chi connectivity index (χ1v) is 203. The molecule has 34 heteroatoms. The summed E-state index contributed by atoms with van der Waals surface area (Å²) in [6, 6.07) is 23.0. The van der Waals surface area contributed by atoms with Gasteiger partial charge in [0.25, 0.3) is 0 Å². The third-order valence-corrected chi connectivity index (χ3v) is 7.64. The number of methoxy groups -OCH3 is 3. The molecule has 4 aromatic rings. The number of halogens is 2. The molecule has 0 aliphatic carbocycles. The number of nitrogens with two attached hydrogens (primary N) is 1. The molecule has 4 aromatic carbocycles. The van der Waals surface area contributed by atoms with Crippen molar-refractivity contribution in [3.63, 3.8) is 0 Å². The van der Waals surface area contributed by atoms with E-state index in [1.807, 2.05) is 15.9 Å². The Morgan fingerprint density at radius 3 is 1.11 bits per heavy atom. The second-order valence-corrected chi connectivity index (χ2v) is 11.2. The zero-order valence-electron chi connectivity index (χ0n) is 51.2. The number of benzene rings is 4. The van der Waals surface area contributed by atoms with Crippen molar-refractivity contribution < 1.29 is 37.4 Å². The van der Waals surface area contributed by atoms with Gasteiger partial charge in [-0.05, 0) is 70.8 Å². The topological polar surface area (TPSA) is 123 Å². The van der Waals surface area contributed by atoms with E-state index < -0.39 is 12.1 Å². The van der Waals surface area contributed by atoms with E-state index >= 15 is 0 Å². The maximum atomic E-state index is 13.1. The van der Waals surface area contributed by atoms with Crippen molar-refractivity contribution in [2.24, 2.45) is 0 Å². The van der Waals surface area contributed by atoms with Gasteiger partial charge in [-0.3, -0.25) is 14.9 Å². The minimum absolute atomic E-state index is 0.0107. The number of hydrogen-bond acceptors (Lipinski definition) is 9. The van der Waals surface area contributed by atoms with E-state index in [0.29, 0.717) is 48.7 Å². The normalized spacial score (nSPS) is 8.20. The Bertz CT molecular complexity index is 1970. The first-order chi connectivity index (χ1) is 36.0. The number of nitrogen functional groups attached to an aromatic ring is 1. The molecular formula is C40H40F2K22N4O6. The van der Waals surface area contributed by atoms with Gasteiger partial charge in [-0.15, -0.1) is 12.8 Å². The summed E-state index contributed by atoms with van der Waals surface area (Å²) in [5.74, 6) is 3.82. The van der Waals surface area contributed by atoms with E-state index in [2.05, 4.69) is 26.6 Å². The van der Waals surface area contributed by atoms with E-state index in [1.54, 1.807) is 54.6 Å². The second kappa shape index (κ2) is 105. The van der Waals surface area contributed by atoms with E-state index in [0.717, 1.165) is 22.5 Å². The molecule has 0 saturated carbocycles. The van der Waals surface area contributed by atoms with Crippen LogP contribution >= 0.6 is 0 Å². The summed E-state index contributed by atoms with van der Waals surface area (Å²) in [4.78, 5) is 38.5. The number of carbonyl (C=O) groups excluding carboxylic acids is 3. The van der Waals surface area contributed by atoms with Crippen LogP contribution in [0.15, 0.2) is 84.9 Å². The predicted molar refractivity (Wildman–Crippen MR) is 324 cm³/mol. The molecule has 0 aromatic heterocycles. The van der Waals surface area contributed by atoms with Gasteiger partial charge in [0.2, 0.25) is 0 Å². The molecule has 0 atom stereocenters. The van der Waals surface area contributed by atoms with Crippen molar-refractivity contribution in [3.05, 3.63) is 119 Å². The van der Waals surface area contributed by atoms with Gasteiger partial charge in [0.05, 0.1) is 47.3 Å². The van der Waals surface area contributed by atoms with Gasteiger partial charge < -0.3 is 29.7 Å². The first-order valence-electron chi connectivity index (χ1n) is 26.9. The Morgan fingerprint density at radius 2 is 0.811 bits per heavy atom. The molecule has 0 saturated heterocycles. The molecular weight excluding hydrogens is 1530 g/mol. The number of nitrogens with zero attached hydrogens (tertiary/aromatic N) is 2. The van der Waals surface area contributed by atoms with Gasteiger partial charge in [-0.2, -0.15) is 0 Å². The molecule has 10 nitrogen and oxygen atoms in total. The molecule has 4 rings (SSSR count). The molecule has 0 fully saturated rings. The Hall–Kier alpha value is 29.5. The van der Waals surface area contributed by atoms with Crippen LogP contribution in [0.25, 0.3) is 0 Å². The summed E-state index contributed by atoms with van der Waals surface area (Å²) in [5, 5.41) is 2.60. The summed E-state index contributed by atoms with van der Waals surface area (Å²) in [5.41, 5.74) is 11.6. The Morgan fingerprint density at radius 1 is 0.500 bits per heavy atom. The van der Waals surface area contributed by atoms with E-state index in [9.17, 15) is 23.2 Å². The molecule has 292 valence electrons. The van der Waals surface area contributed by atoms with Crippen LogP contribution in [0.3, 0.4) is 0 Å². The molecule has 0 unspecified atom stereocenters. The van der Waals surface area contributed by atoms with Crippen molar-refractivity contribution in [2.45, 2.75) is 25.9 Å². The molecule has 1 amide bonds. The maximum absolute atomic E-state index is 13.1. The Kier molecular flexibility index (Phi) is 172. The SMILES string of the molecule is C#CCN(Cc1ccc(F)cc1)c1ccc(CC(=O)OC)c(N)c1.C#CCN(Cc1ccc(F)cc1)c1ccc(CC(=O)OC)c(NC(=O)OC)c1.[K][K].[K][K].[K][K].[K][K].[K][K].[K][K].[K][K].[K][K].[K][K].[K][K].[K][K]. The number of terminal acetylenes is 2. The average Bonchev–Trinajstić information content (AvgIpc) is 3.48. The summed E-state index contributed by atoms with van der Waals surface area (Å²) in [7, 11) is 3.88. The van der Waals surface area contributed by atoms with Crippen LogP contribution in [0.1, 0.15) is 22.3 Å². The van der Waals surface area contributed by atoms with Crippen molar-refractivity contribution >= 4 is 735 Å². The molecule has 0 aliphatic heterocycles. The first kappa shape index (κ1) is 122. The van der Waals surface area contributed by atoms with E-state index in [4.69, 9.17) is 23.3 Å². The molecule has 0 bridgehead atoms. The van der Waals surface area contributed by atoms with Gasteiger partial charge in [-0.25, -0.2) is 13.6 Å². The van der Waals surface area contributed by atoms with E-state index in [1.165, 1.54) is 740 Å². The zero-order chi connectivity index (χ0) is 60.0. The third kappa shape index (κ3) is 76.8. The number of esters is 2. The van der Waals surface area contributed by atoms with Crippen LogP contribution in [0.4, 0.5) is 36.3 Å². The predicted octanol–water partition coefficient (Wildman–Crippen LogP) is -2.26. The van der Waals surface area contributed by atoms with Crippen LogP contribution < -0.4 is 20.9 Å². The molecule has 0 spiro atoms. The third-order valence-electron chi connectivity index (χ3n) is 7.64. The summed E-state index contributed by atoms with van der Waals surface area (Å²) >= 11 is 27.5. The van der Waals surface area contributed by atoms with Crippen LogP contribution in [0.2, 0.25) is 0 Å². The summed E-state index contributed by atoms with van der Waals surface area (Å²) in [6.07, 6.45) is 10.4. The number of nitrogens with one attached hydrogen (secondary N) is 1. The number of anilines is 4. The minimum atomic E-state index is -0.662. The summed E-state index contributed by atoms with van der Waals surface area (Å²) < 4.78 is 40.2. The van der Waals surface area contributed by atoms with Crippen molar-refractivity contribution in [1.82, 2.24) is 0 Å². The van der Waals surface area contributed by atoms with Gasteiger partial charge in [0, 0.05) is 35.8 Å². The molecule has 0 heterocycles. The van der Waals surface area contributed by atoms with Crippen LogP contribution in [-0.4, -0.2) is 747 Å². The number of rotatable bonds is 13. The average molecular weight is 1570 g/mol. The van der Waals surface area contributed by atoms with Crippen molar-refractivity contribution in [1.29, 1.82) is 0 Å². The van der Waals surface area contributed by atoms with Gasteiger partial charge >= 0.3 is 713 Å². The fourth-order valence-corrected chi connectivity index (χ4v) is 4.91. The van der Waals surface area contributed by atoms with Crippen molar-refractivity contribution in [2.75, 3.05) is 55.3 Å². The van der Waals surface area contributed by atoms with Crippen LogP contribution in [0, 0.1) is 36.3 Å². The Labute approximate surface area is 943 Å². The molecule has 0 radical (unpaired) electrons. The van der Waals surface area contributed by atoms with Gasteiger partial charge in [0.15, 0.2) is 0 Å². The van der Waals surface area contributed by atoms with Crippen LogP contribution in [-0.2, 0) is 49.7 Å². The standard InChI is InChI=1S/C21H21FN2O4.C19H19FN2O2.22K/c1-4-11-24(14-15-5-8-17(22)9-6-15)18-10-7-16(12-20(25)27-2)19(13-18)23-21(26)28-3;1-3-10-22(13-14-4-7-16(20)8-5-14)17-9-6-15(18(21)12-17)11-19(23)24-2;;;;;;;;;;;;;;;;;;;;;;/h1,5-10,13H,11-12,14H2,2-3H3,(H,23,26);1,4-9,12H,10-11,13,21H2,2H3;;;;;;;;;;;;;;;;;;;;;;. The number of carbonyl (C=O) groups is 3. The van der Waals surface area contributed by atoms with Crippen LogP contribution in [0.5, 0.6) is 0 Å². The zero-order valence-corrected chi connectivity index (χ0v) is 120. The fourth-order valence-electron chi connectivity index (χ4n) is 4.91. The summed E-state index contributed by atoms with van der Waals surface area (Å²) in [6.45, 7) is 1.65. The van der Waals surface area contributed by atoms with Crippen molar-refractivity contribution in [3.8, 4) is 24.7 Å². The number of ether oxygens (including phenoxy) is 3.